The van der Waals surface area contributed by atoms with Crippen LogP contribution in [0.4, 0.5) is 17.1 Å². The van der Waals surface area contributed by atoms with E-state index in [4.69, 9.17) is 0 Å². The molecule has 2 aliphatic carbocycles. The lowest BCUT2D eigenvalue weighted by molar-refractivity contribution is 0.793. The normalized spacial score (nSPS) is 12.9. The van der Waals surface area contributed by atoms with Gasteiger partial charge in [0.25, 0.3) is 0 Å². The lowest BCUT2D eigenvalue weighted by Crippen LogP contribution is -2.26. The van der Waals surface area contributed by atoms with E-state index in [0.717, 1.165) is 28.3 Å². The molecule has 67 heavy (non-hydrogen) atoms. The van der Waals surface area contributed by atoms with Crippen LogP contribution in [0.1, 0.15) is 22.3 Å². The highest BCUT2D eigenvalue weighted by Crippen LogP contribution is 2.63. The molecule has 0 saturated heterocycles. The Balaban J connectivity index is 0.963. The highest BCUT2D eigenvalue weighted by Gasteiger charge is 2.51. The largest absolute Gasteiger partial charge is 0.310 e. The van der Waals surface area contributed by atoms with Crippen molar-refractivity contribution < 1.29 is 0 Å². The summed E-state index contributed by atoms with van der Waals surface area (Å²) in [4.78, 5) is 2.49. The summed E-state index contributed by atoms with van der Waals surface area (Å²) in [7, 11) is 0. The number of benzene rings is 11. The highest BCUT2D eigenvalue weighted by molar-refractivity contribution is 6.11. The van der Waals surface area contributed by atoms with Crippen LogP contribution in [0.15, 0.2) is 255 Å². The Kier molecular flexibility index (Phi) is 8.23. The van der Waals surface area contributed by atoms with Crippen LogP contribution in [0.25, 0.3) is 82.8 Å². The zero-order chi connectivity index (χ0) is 44.1. The predicted octanol–water partition coefficient (Wildman–Crippen LogP) is 17.1. The van der Waals surface area contributed by atoms with Crippen molar-refractivity contribution in [2.45, 2.75) is 5.41 Å². The van der Waals surface area contributed by atoms with Gasteiger partial charge in [-0.1, -0.05) is 194 Å². The number of hydrogen-bond donors (Lipinski definition) is 0. The van der Waals surface area contributed by atoms with Gasteiger partial charge in [0.2, 0.25) is 0 Å². The maximum Gasteiger partial charge on any atom is 0.0726 e. The number of para-hydroxylation sites is 2. The van der Waals surface area contributed by atoms with E-state index in [1.54, 1.807) is 0 Å². The maximum absolute atomic E-state index is 2.50. The fourth-order valence-electron chi connectivity index (χ4n) is 11.8. The second-order valence-corrected chi connectivity index (χ2v) is 18.0. The predicted molar refractivity (Wildman–Crippen MR) is 280 cm³/mol. The first-order valence-corrected chi connectivity index (χ1v) is 23.3. The minimum atomic E-state index is -0.450. The molecule has 1 spiro atoms. The van der Waals surface area contributed by atoms with E-state index in [9.17, 15) is 0 Å². The minimum Gasteiger partial charge on any atom is -0.310 e. The molecule has 0 radical (unpaired) electrons. The van der Waals surface area contributed by atoms with Crippen molar-refractivity contribution in [2.75, 3.05) is 4.90 Å². The number of aromatic nitrogens is 1. The third kappa shape index (κ3) is 5.45. The molecular weight excluding hydrogens is 809 g/mol. The molecule has 0 atom stereocenters. The Morgan fingerprint density at radius 1 is 0.299 bits per heavy atom. The van der Waals surface area contributed by atoms with Crippen molar-refractivity contribution in [1.82, 2.24) is 4.57 Å². The van der Waals surface area contributed by atoms with Gasteiger partial charge in [0.05, 0.1) is 22.1 Å². The Morgan fingerprint density at radius 2 is 0.821 bits per heavy atom. The first-order valence-electron chi connectivity index (χ1n) is 23.3. The van der Waals surface area contributed by atoms with E-state index in [0.29, 0.717) is 0 Å². The van der Waals surface area contributed by atoms with Gasteiger partial charge in [-0.15, -0.1) is 0 Å². The van der Waals surface area contributed by atoms with Crippen molar-refractivity contribution in [3.63, 3.8) is 0 Å². The Bertz CT molecular complexity index is 3880. The smallest absolute Gasteiger partial charge is 0.0726 e. The Morgan fingerprint density at radius 3 is 1.54 bits per heavy atom. The maximum atomic E-state index is 2.50. The average Bonchev–Trinajstić information content (AvgIpc) is 4.01. The number of anilines is 3. The first-order chi connectivity index (χ1) is 33.3. The summed E-state index contributed by atoms with van der Waals surface area (Å²) >= 11 is 0. The third-order valence-corrected chi connectivity index (χ3v) is 14.6. The van der Waals surface area contributed by atoms with Gasteiger partial charge in [0.1, 0.15) is 0 Å². The minimum absolute atomic E-state index is 0.450. The zero-order valence-electron chi connectivity index (χ0n) is 36.6. The highest BCUT2D eigenvalue weighted by atomic mass is 15.1. The summed E-state index contributed by atoms with van der Waals surface area (Å²) in [6.45, 7) is 0. The van der Waals surface area contributed by atoms with Gasteiger partial charge >= 0.3 is 0 Å². The summed E-state index contributed by atoms with van der Waals surface area (Å²) in [5.74, 6) is 0. The van der Waals surface area contributed by atoms with Gasteiger partial charge in [-0.05, 0) is 133 Å². The quantitative estimate of drug-likeness (QED) is 0.162. The standard InChI is InChI=1S/C65H42N2/c1-2-21-46(22-3-1)67-63-34-15-11-30-56(63)57-41-45(36-39-64(57)67)50-25-7-6-24-49(50)44-20-16-23-47(40-44)66(62-35-17-19-43-18-4-5-26-51(43)62)48-37-38-55-54-29-10-14-33-60(54)65(61(55)42-48)58-31-12-8-27-52(58)53-28-9-13-32-59(53)65/h1-42H. The molecule has 0 aliphatic heterocycles. The number of rotatable bonds is 6. The van der Waals surface area contributed by atoms with E-state index in [2.05, 4.69) is 264 Å². The lowest BCUT2D eigenvalue weighted by atomic mass is 9.70. The molecule has 0 unspecified atom stereocenters. The number of nitrogens with zero attached hydrogens (tertiary/aromatic N) is 2. The molecule has 14 rings (SSSR count). The molecular formula is C65H42N2. The molecule has 0 bridgehead atoms. The van der Waals surface area contributed by atoms with E-state index < -0.39 is 5.41 Å². The van der Waals surface area contributed by atoms with Crippen LogP contribution in [-0.4, -0.2) is 4.57 Å². The first kappa shape index (κ1) is 37.6. The van der Waals surface area contributed by atoms with Gasteiger partial charge in [-0.2, -0.15) is 0 Å². The third-order valence-electron chi connectivity index (χ3n) is 14.6. The average molecular weight is 851 g/mol. The summed E-state index contributed by atoms with van der Waals surface area (Å²) in [5.41, 5.74) is 21.8. The number of fused-ring (bicyclic) bond motifs is 14. The van der Waals surface area contributed by atoms with E-state index in [1.165, 1.54) is 93.8 Å². The summed E-state index contributed by atoms with van der Waals surface area (Å²) < 4.78 is 2.38. The van der Waals surface area contributed by atoms with Crippen LogP contribution >= 0.6 is 0 Å². The van der Waals surface area contributed by atoms with E-state index in [1.807, 2.05) is 0 Å². The van der Waals surface area contributed by atoms with Gasteiger partial charge in [-0.3, -0.25) is 0 Å². The molecule has 11 aromatic carbocycles. The topological polar surface area (TPSA) is 8.17 Å². The molecule has 0 amide bonds. The van der Waals surface area contributed by atoms with Crippen molar-refractivity contribution in [3.05, 3.63) is 277 Å². The van der Waals surface area contributed by atoms with Crippen LogP contribution in [0, 0.1) is 0 Å². The van der Waals surface area contributed by atoms with Crippen LogP contribution in [0.2, 0.25) is 0 Å². The molecule has 2 heteroatoms. The molecule has 2 aliphatic rings. The molecule has 0 N–H and O–H groups in total. The molecule has 1 heterocycles. The van der Waals surface area contributed by atoms with Crippen LogP contribution in [0.3, 0.4) is 0 Å². The Hall–Kier alpha value is -8.72. The summed E-state index contributed by atoms with van der Waals surface area (Å²) in [6.07, 6.45) is 0. The summed E-state index contributed by atoms with van der Waals surface area (Å²) in [6, 6.07) is 94.4. The van der Waals surface area contributed by atoms with Crippen molar-refractivity contribution in [3.8, 4) is 50.2 Å². The second-order valence-electron chi connectivity index (χ2n) is 18.0. The lowest BCUT2D eigenvalue weighted by Gasteiger charge is -2.32. The zero-order valence-corrected chi connectivity index (χ0v) is 36.6. The van der Waals surface area contributed by atoms with Gasteiger partial charge < -0.3 is 9.47 Å². The van der Waals surface area contributed by atoms with Crippen LogP contribution < -0.4 is 4.90 Å². The van der Waals surface area contributed by atoms with Crippen molar-refractivity contribution >= 4 is 49.6 Å². The Labute approximate surface area is 389 Å². The SMILES string of the molecule is c1ccc(-n2c3ccccc3c3cc(-c4ccccc4-c4cccc(N(c5ccc6c(c5)C5(c7ccccc7-c7ccccc75)c5ccccc5-6)c5cccc6ccccc56)c4)ccc32)cc1. The van der Waals surface area contributed by atoms with Gasteiger partial charge in [0.15, 0.2) is 0 Å². The summed E-state index contributed by atoms with van der Waals surface area (Å²) in [5, 5.41) is 4.90. The molecule has 0 saturated carbocycles. The molecule has 0 fully saturated rings. The molecule has 2 nitrogen and oxygen atoms in total. The van der Waals surface area contributed by atoms with E-state index in [-0.39, 0.29) is 0 Å². The monoisotopic (exact) mass is 850 g/mol. The van der Waals surface area contributed by atoms with Gasteiger partial charge in [-0.25, -0.2) is 0 Å². The number of hydrogen-bond acceptors (Lipinski definition) is 1. The van der Waals surface area contributed by atoms with E-state index >= 15 is 0 Å². The van der Waals surface area contributed by atoms with Crippen LogP contribution in [0.5, 0.6) is 0 Å². The fourth-order valence-corrected chi connectivity index (χ4v) is 11.8. The molecule has 12 aromatic rings. The molecule has 1 aromatic heterocycles. The molecule has 312 valence electrons. The fraction of sp³-hybridized carbons (Fsp3) is 0.0154. The van der Waals surface area contributed by atoms with Crippen molar-refractivity contribution in [2.24, 2.45) is 0 Å². The van der Waals surface area contributed by atoms with Crippen LogP contribution in [-0.2, 0) is 5.41 Å². The van der Waals surface area contributed by atoms with Crippen molar-refractivity contribution in [1.29, 1.82) is 0 Å². The van der Waals surface area contributed by atoms with Gasteiger partial charge in [0, 0.05) is 33.2 Å². The second kappa shape index (κ2) is 14.7.